The van der Waals surface area contributed by atoms with Gasteiger partial charge in [0.05, 0.1) is 10.7 Å². The molecule has 150 valence electrons. The van der Waals surface area contributed by atoms with Gasteiger partial charge in [-0.25, -0.2) is 4.98 Å². The molecule has 0 unspecified atom stereocenters. The van der Waals surface area contributed by atoms with Crippen LogP contribution in [0.3, 0.4) is 0 Å². The third-order valence-electron chi connectivity index (χ3n) is 3.71. The molecule has 27 heavy (non-hydrogen) atoms. The molecule has 1 aromatic heterocycles. The van der Waals surface area contributed by atoms with Crippen LogP contribution in [0.2, 0.25) is 0 Å². The molecule has 0 aliphatic heterocycles. The number of ether oxygens (including phenoxy) is 1. The average Bonchev–Trinajstić information content (AvgIpc) is 3.08. The van der Waals surface area contributed by atoms with E-state index in [9.17, 15) is 8.78 Å². The summed E-state index contributed by atoms with van der Waals surface area (Å²) in [5.41, 5.74) is 2.07. The molecule has 0 bridgehead atoms. The van der Waals surface area contributed by atoms with Gasteiger partial charge in [0.2, 0.25) is 0 Å². The summed E-state index contributed by atoms with van der Waals surface area (Å²) in [6.07, 6.45) is 1.80. The fraction of sp³-hybridized carbons (Fsp3) is 0.444. The third kappa shape index (κ3) is 7.96. The molecule has 0 aliphatic carbocycles. The Labute approximate surface area is 179 Å². The Hall–Kier alpha value is -1.49. The molecule has 1 heterocycles. The molecular formula is C18H25F2IN4OS. The highest BCUT2D eigenvalue weighted by atomic mass is 127. The van der Waals surface area contributed by atoms with Crippen molar-refractivity contribution < 1.29 is 13.5 Å². The second-order valence-electron chi connectivity index (χ2n) is 5.69. The van der Waals surface area contributed by atoms with Crippen molar-refractivity contribution in [1.82, 2.24) is 15.2 Å². The minimum absolute atomic E-state index is 0. The Morgan fingerprint density at radius 2 is 2.04 bits per heavy atom. The largest absolute Gasteiger partial charge is 0.435 e. The van der Waals surface area contributed by atoms with E-state index in [0.29, 0.717) is 6.54 Å². The lowest BCUT2D eigenvalue weighted by atomic mass is 10.2. The lowest BCUT2D eigenvalue weighted by Gasteiger charge is -2.22. The first-order valence-corrected chi connectivity index (χ1v) is 9.28. The summed E-state index contributed by atoms with van der Waals surface area (Å²) in [4.78, 5) is 10.8. The number of aromatic nitrogens is 1. The molecule has 0 aliphatic rings. The molecule has 2 aromatic rings. The van der Waals surface area contributed by atoms with Gasteiger partial charge < -0.3 is 15.0 Å². The quantitative estimate of drug-likeness (QED) is 0.329. The fourth-order valence-corrected chi connectivity index (χ4v) is 3.22. The zero-order valence-corrected chi connectivity index (χ0v) is 18.8. The van der Waals surface area contributed by atoms with E-state index in [1.165, 1.54) is 0 Å². The summed E-state index contributed by atoms with van der Waals surface area (Å²) in [6.45, 7) is 0.637. The van der Waals surface area contributed by atoms with Gasteiger partial charge in [-0.2, -0.15) is 8.78 Å². The third-order valence-corrected chi connectivity index (χ3v) is 4.75. The number of rotatable bonds is 8. The summed E-state index contributed by atoms with van der Waals surface area (Å²) in [7, 11) is 3.66. The number of nitrogens with zero attached hydrogens (tertiary/aromatic N) is 3. The van der Waals surface area contributed by atoms with Gasteiger partial charge in [0, 0.05) is 39.0 Å². The highest BCUT2D eigenvalue weighted by Crippen LogP contribution is 2.16. The Morgan fingerprint density at radius 3 is 2.59 bits per heavy atom. The second-order valence-corrected chi connectivity index (χ2v) is 6.63. The minimum Gasteiger partial charge on any atom is -0.435 e. The highest BCUT2D eigenvalue weighted by Gasteiger charge is 2.08. The van der Waals surface area contributed by atoms with E-state index in [1.54, 1.807) is 42.6 Å². The number of nitrogens with one attached hydrogen (secondary N) is 1. The van der Waals surface area contributed by atoms with Crippen LogP contribution >= 0.6 is 35.3 Å². The summed E-state index contributed by atoms with van der Waals surface area (Å²) in [5, 5.41) is 6.57. The smallest absolute Gasteiger partial charge is 0.387 e. The summed E-state index contributed by atoms with van der Waals surface area (Å²) in [6, 6.07) is 6.62. The Kier molecular flexibility index (Phi) is 10.5. The summed E-state index contributed by atoms with van der Waals surface area (Å²) in [5.74, 6) is 0.924. The van der Waals surface area contributed by atoms with Crippen molar-refractivity contribution in [3.63, 3.8) is 0 Å². The van der Waals surface area contributed by atoms with Gasteiger partial charge in [-0.15, -0.1) is 35.3 Å². The average molecular weight is 510 g/mol. The molecule has 0 radical (unpaired) electrons. The fourth-order valence-electron chi connectivity index (χ4n) is 2.44. The van der Waals surface area contributed by atoms with Crippen LogP contribution < -0.4 is 10.1 Å². The van der Waals surface area contributed by atoms with E-state index in [1.807, 2.05) is 11.9 Å². The summed E-state index contributed by atoms with van der Waals surface area (Å²) >= 11 is 1.69. The van der Waals surface area contributed by atoms with Crippen molar-refractivity contribution in [3.05, 3.63) is 45.9 Å². The number of aliphatic imine (C=N–C) groups is 1. The van der Waals surface area contributed by atoms with Gasteiger partial charge >= 0.3 is 6.61 Å². The molecule has 1 N–H and O–H groups in total. The number of halogens is 3. The van der Waals surface area contributed by atoms with Crippen LogP contribution in [0.5, 0.6) is 5.75 Å². The van der Waals surface area contributed by atoms with Gasteiger partial charge in [-0.3, -0.25) is 4.99 Å². The van der Waals surface area contributed by atoms with Crippen LogP contribution in [-0.2, 0) is 19.4 Å². The molecule has 1 aromatic carbocycles. The van der Waals surface area contributed by atoms with E-state index in [0.717, 1.165) is 41.6 Å². The predicted molar refractivity (Wildman–Crippen MR) is 117 cm³/mol. The standard InChI is InChI=1S/C18H24F2N4OS.HI/c1-4-16-23-14(12-26-16)9-10-22-18(21-2)24(3)11-13-5-7-15(8-6-13)25-17(19)20;/h5-8,12,17H,4,9-11H2,1-3H3,(H,21,22);1H. The van der Waals surface area contributed by atoms with E-state index < -0.39 is 6.61 Å². The van der Waals surface area contributed by atoms with Gasteiger partial charge in [-0.05, 0) is 24.1 Å². The van der Waals surface area contributed by atoms with Crippen molar-refractivity contribution >= 4 is 41.3 Å². The number of hydrogen-bond donors (Lipinski definition) is 1. The number of guanidine groups is 1. The topological polar surface area (TPSA) is 49.8 Å². The maximum Gasteiger partial charge on any atom is 0.387 e. The molecule has 0 amide bonds. The molecule has 0 fully saturated rings. The Morgan fingerprint density at radius 1 is 1.33 bits per heavy atom. The first kappa shape index (κ1) is 23.5. The van der Waals surface area contributed by atoms with E-state index in [-0.39, 0.29) is 29.7 Å². The van der Waals surface area contributed by atoms with Crippen molar-refractivity contribution in [2.24, 2.45) is 4.99 Å². The van der Waals surface area contributed by atoms with E-state index >= 15 is 0 Å². The zero-order chi connectivity index (χ0) is 18.9. The first-order valence-electron chi connectivity index (χ1n) is 8.40. The molecule has 5 nitrogen and oxygen atoms in total. The van der Waals surface area contributed by atoms with Crippen molar-refractivity contribution in [2.45, 2.75) is 32.9 Å². The Bertz CT molecular complexity index is 710. The normalized spacial score (nSPS) is 11.3. The summed E-state index contributed by atoms with van der Waals surface area (Å²) < 4.78 is 28.7. The van der Waals surface area contributed by atoms with E-state index in [4.69, 9.17) is 0 Å². The SMILES string of the molecule is CCc1nc(CCNC(=NC)N(C)Cc2ccc(OC(F)F)cc2)cs1.I. The van der Waals surface area contributed by atoms with Crippen LogP contribution in [0.4, 0.5) is 8.78 Å². The van der Waals surface area contributed by atoms with Gasteiger partial charge in [0.25, 0.3) is 0 Å². The highest BCUT2D eigenvalue weighted by molar-refractivity contribution is 14.0. The van der Waals surface area contributed by atoms with Crippen LogP contribution in [0, 0.1) is 0 Å². The number of thiazole rings is 1. The zero-order valence-electron chi connectivity index (χ0n) is 15.6. The molecule has 0 atom stereocenters. The van der Waals surface area contributed by atoms with Crippen LogP contribution in [0.25, 0.3) is 0 Å². The van der Waals surface area contributed by atoms with E-state index in [2.05, 4.69) is 32.3 Å². The monoisotopic (exact) mass is 510 g/mol. The number of aryl methyl sites for hydroxylation is 1. The number of alkyl halides is 2. The maximum atomic E-state index is 12.2. The predicted octanol–water partition coefficient (Wildman–Crippen LogP) is 4.17. The molecule has 0 saturated carbocycles. The molecule has 2 rings (SSSR count). The van der Waals surface area contributed by atoms with Crippen molar-refractivity contribution in [1.29, 1.82) is 0 Å². The molecule has 0 saturated heterocycles. The van der Waals surface area contributed by atoms with Crippen LogP contribution in [-0.4, -0.2) is 43.1 Å². The molecular weight excluding hydrogens is 485 g/mol. The van der Waals surface area contributed by atoms with Crippen molar-refractivity contribution in [2.75, 3.05) is 20.6 Å². The first-order chi connectivity index (χ1) is 12.5. The second kappa shape index (κ2) is 12.1. The van der Waals surface area contributed by atoms with Gasteiger partial charge in [0.15, 0.2) is 5.96 Å². The number of hydrogen-bond acceptors (Lipinski definition) is 4. The minimum atomic E-state index is -2.81. The maximum absolute atomic E-state index is 12.2. The lowest BCUT2D eigenvalue weighted by Crippen LogP contribution is -2.39. The molecule has 9 heteroatoms. The Balaban J connectivity index is 0.00000364. The van der Waals surface area contributed by atoms with Crippen LogP contribution in [0.15, 0.2) is 34.6 Å². The van der Waals surface area contributed by atoms with Gasteiger partial charge in [0.1, 0.15) is 5.75 Å². The van der Waals surface area contributed by atoms with Crippen LogP contribution in [0.1, 0.15) is 23.2 Å². The van der Waals surface area contributed by atoms with Crippen molar-refractivity contribution in [3.8, 4) is 5.75 Å². The van der Waals surface area contributed by atoms with Gasteiger partial charge in [-0.1, -0.05) is 19.1 Å². The molecule has 0 spiro atoms. The number of benzene rings is 1. The lowest BCUT2D eigenvalue weighted by molar-refractivity contribution is -0.0498.